The van der Waals surface area contributed by atoms with Crippen LogP contribution in [0.5, 0.6) is 0 Å². The molecule has 0 amide bonds. The lowest BCUT2D eigenvalue weighted by atomic mass is 10.00. The van der Waals surface area contributed by atoms with E-state index in [0.29, 0.717) is 23.3 Å². The number of carbonyl (C=O) groups is 1. The van der Waals surface area contributed by atoms with E-state index in [1.807, 2.05) is 31.2 Å². The molecule has 0 bridgehead atoms. The third kappa shape index (κ3) is 2.99. The fourth-order valence-corrected chi connectivity index (χ4v) is 2.59. The van der Waals surface area contributed by atoms with Crippen molar-refractivity contribution in [1.82, 2.24) is 9.78 Å². The Kier molecular flexibility index (Phi) is 5.09. The molecule has 2 aromatic rings. The highest BCUT2D eigenvalue weighted by molar-refractivity contribution is 9.10. The molecule has 0 N–H and O–H groups in total. The molecular formula is C15H17BrN2O2. The average molecular weight is 337 g/mol. The first kappa shape index (κ1) is 14.9. The number of halogens is 1. The van der Waals surface area contributed by atoms with Crippen LogP contribution >= 0.6 is 15.9 Å². The molecule has 1 aromatic heterocycles. The zero-order chi connectivity index (χ0) is 14.5. The van der Waals surface area contributed by atoms with E-state index in [0.717, 1.165) is 17.5 Å². The van der Waals surface area contributed by atoms with Gasteiger partial charge in [-0.15, -0.1) is 0 Å². The number of aryl methyl sites for hydroxylation is 1. The van der Waals surface area contributed by atoms with Crippen LogP contribution in [0.2, 0.25) is 0 Å². The second-order valence-electron chi connectivity index (χ2n) is 4.40. The van der Waals surface area contributed by atoms with Crippen molar-refractivity contribution in [1.29, 1.82) is 0 Å². The summed E-state index contributed by atoms with van der Waals surface area (Å²) in [5.74, 6) is -0.0112. The van der Waals surface area contributed by atoms with Gasteiger partial charge >= 0.3 is 0 Å². The van der Waals surface area contributed by atoms with Crippen molar-refractivity contribution in [2.75, 3.05) is 13.7 Å². The lowest BCUT2D eigenvalue weighted by Gasteiger charge is -2.09. The smallest absolute Gasteiger partial charge is 0.212 e. The molecule has 20 heavy (non-hydrogen) atoms. The molecule has 0 saturated carbocycles. The Morgan fingerprint density at radius 1 is 1.40 bits per heavy atom. The fourth-order valence-electron chi connectivity index (χ4n) is 2.11. The molecule has 2 rings (SSSR count). The van der Waals surface area contributed by atoms with Gasteiger partial charge in [0.2, 0.25) is 5.78 Å². The van der Waals surface area contributed by atoms with Crippen molar-refractivity contribution in [3.05, 3.63) is 51.8 Å². The molecule has 0 spiro atoms. The molecule has 0 aliphatic heterocycles. The zero-order valence-corrected chi connectivity index (χ0v) is 13.2. The Morgan fingerprint density at radius 2 is 2.15 bits per heavy atom. The summed E-state index contributed by atoms with van der Waals surface area (Å²) in [4.78, 5) is 12.8. The van der Waals surface area contributed by atoms with Gasteiger partial charge in [0, 0.05) is 12.7 Å². The second kappa shape index (κ2) is 6.81. The minimum absolute atomic E-state index is 0.0112. The zero-order valence-electron chi connectivity index (χ0n) is 11.6. The highest BCUT2D eigenvalue weighted by Gasteiger charge is 2.20. The van der Waals surface area contributed by atoms with Gasteiger partial charge in [0.15, 0.2) is 0 Å². The van der Waals surface area contributed by atoms with E-state index in [1.54, 1.807) is 18.0 Å². The quantitative estimate of drug-likeness (QED) is 0.761. The van der Waals surface area contributed by atoms with Gasteiger partial charge in [-0.3, -0.25) is 9.48 Å². The van der Waals surface area contributed by atoms with Gasteiger partial charge < -0.3 is 4.74 Å². The van der Waals surface area contributed by atoms with E-state index in [4.69, 9.17) is 4.74 Å². The van der Waals surface area contributed by atoms with Crippen LogP contribution in [-0.4, -0.2) is 29.3 Å². The topological polar surface area (TPSA) is 44.1 Å². The van der Waals surface area contributed by atoms with Crippen LogP contribution in [0.25, 0.3) is 0 Å². The van der Waals surface area contributed by atoms with E-state index >= 15 is 0 Å². The van der Waals surface area contributed by atoms with Gasteiger partial charge in [0.25, 0.3) is 0 Å². The van der Waals surface area contributed by atoms with Crippen LogP contribution in [0.4, 0.5) is 0 Å². The van der Waals surface area contributed by atoms with Crippen molar-refractivity contribution in [2.45, 2.75) is 19.9 Å². The SMILES string of the molecule is CCc1ccccc1C(=O)c1c(Br)cnn1CCOC. The number of carbonyl (C=O) groups excluding carboxylic acids is 1. The van der Waals surface area contributed by atoms with E-state index in [2.05, 4.69) is 21.0 Å². The summed E-state index contributed by atoms with van der Waals surface area (Å²) in [7, 11) is 1.63. The van der Waals surface area contributed by atoms with E-state index in [9.17, 15) is 4.79 Å². The molecule has 0 radical (unpaired) electrons. The summed E-state index contributed by atoms with van der Waals surface area (Å²) < 4.78 is 7.45. The van der Waals surface area contributed by atoms with Crippen molar-refractivity contribution >= 4 is 21.7 Å². The Labute approximate surface area is 126 Å². The lowest BCUT2D eigenvalue weighted by molar-refractivity contribution is 0.102. The van der Waals surface area contributed by atoms with Crippen LogP contribution in [0.1, 0.15) is 28.5 Å². The summed E-state index contributed by atoms with van der Waals surface area (Å²) in [5.41, 5.74) is 2.35. The van der Waals surface area contributed by atoms with Crippen molar-refractivity contribution < 1.29 is 9.53 Å². The normalized spacial score (nSPS) is 10.8. The maximum Gasteiger partial charge on any atom is 0.212 e. The number of nitrogens with zero attached hydrogens (tertiary/aromatic N) is 2. The second-order valence-corrected chi connectivity index (χ2v) is 5.25. The third-order valence-corrected chi connectivity index (χ3v) is 3.74. The van der Waals surface area contributed by atoms with Crippen LogP contribution in [0, 0.1) is 0 Å². The van der Waals surface area contributed by atoms with Crippen LogP contribution in [0.15, 0.2) is 34.9 Å². The largest absolute Gasteiger partial charge is 0.383 e. The Balaban J connectivity index is 2.40. The van der Waals surface area contributed by atoms with Gasteiger partial charge in [0.1, 0.15) is 5.69 Å². The van der Waals surface area contributed by atoms with Crippen LogP contribution < -0.4 is 0 Å². The number of hydrogen-bond donors (Lipinski definition) is 0. The van der Waals surface area contributed by atoms with Gasteiger partial charge in [-0.2, -0.15) is 5.10 Å². The first-order valence-electron chi connectivity index (χ1n) is 6.51. The molecule has 1 aromatic carbocycles. The number of benzene rings is 1. The Hall–Kier alpha value is -1.46. The average Bonchev–Trinajstić information content (AvgIpc) is 2.85. The standard InChI is InChI=1S/C15H17BrN2O2/c1-3-11-6-4-5-7-12(11)15(19)14-13(16)10-17-18(14)8-9-20-2/h4-7,10H,3,8-9H2,1-2H3. The van der Waals surface area contributed by atoms with Crippen LogP contribution in [0.3, 0.4) is 0 Å². The van der Waals surface area contributed by atoms with E-state index in [1.165, 1.54) is 0 Å². The first-order chi connectivity index (χ1) is 9.69. The molecule has 0 fully saturated rings. The minimum atomic E-state index is -0.0112. The molecule has 0 aliphatic carbocycles. The van der Waals surface area contributed by atoms with E-state index in [-0.39, 0.29) is 5.78 Å². The van der Waals surface area contributed by atoms with E-state index < -0.39 is 0 Å². The highest BCUT2D eigenvalue weighted by Crippen LogP contribution is 2.22. The maximum absolute atomic E-state index is 12.8. The molecule has 106 valence electrons. The predicted octanol–water partition coefficient (Wildman–Crippen LogP) is 3.09. The molecule has 1 heterocycles. The Morgan fingerprint density at radius 3 is 2.85 bits per heavy atom. The molecular weight excluding hydrogens is 320 g/mol. The summed E-state index contributed by atoms with van der Waals surface area (Å²) in [6, 6.07) is 7.68. The third-order valence-electron chi connectivity index (χ3n) is 3.16. The van der Waals surface area contributed by atoms with Gasteiger partial charge in [0.05, 0.1) is 23.8 Å². The minimum Gasteiger partial charge on any atom is -0.383 e. The number of rotatable bonds is 6. The van der Waals surface area contributed by atoms with Gasteiger partial charge in [-0.05, 0) is 27.9 Å². The number of ether oxygens (including phenoxy) is 1. The number of methoxy groups -OCH3 is 1. The molecule has 0 aliphatic rings. The fraction of sp³-hybridized carbons (Fsp3) is 0.333. The summed E-state index contributed by atoms with van der Waals surface area (Å²) in [5, 5.41) is 4.22. The van der Waals surface area contributed by atoms with Gasteiger partial charge in [-0.1, -0.05) is 31.2 Å². The highest BCUT2D eigenvalue weighted by atomic mass is 79.9. The lowest BCUT2D eigenvalue weighted by Crippen LogP contribution is -2.15. The molecule has 0 saturated heterocycles. The van der Waals surface area contributed by atoms with Crippen LogP contribution in [-0.2, 0) is 17.7 Å². The van der Waals surface area contributed by atoms with Crippen molar-refractivity contribution in [2.24, 2.45) is 0 Å². The first-order valence-corrected chi connectivity index (χ1v) is 7.31. The van der Waals surface area contributed by atoms with Crippen molar-refractivity contribution in [3.8, 4) is 0 Å². The Bertz CT molecular complexity index is 608. The summed E-state index contributed by atoms with van der Waals surface area (Å²) in [6.45, 7) is 3.12. The summed E-state index contributed by atoms with van der Waals surface area (Å²) in [6.07, 6.45) is 2.48. The molecule has 0 unspecified atom stereocenters. The monoisotopic (exact) mass is 336 g/mol. The van der Waals surface area contributed by atoms with Gasteiger partial charge in [-0.25, -0.2) is 0 Å². The molecule has 4 nitrogen and oxygen atoms in total. The number of hydrogen-bond acceptors (Lipinski definition) is 3. The predicted molar refractivity (Wildman–Crippen MR) is 81.1 cm³/mol. The summed E-state index contributed by atoms with van der Waals surface area (Å²) >= 11 is 3.41. The molecule has 5 heteroatoms. The number of ketones is 1. The molecule has 0 atom stereocenters. The van der Waals surface area contributed by atoms with Crippen molar-refractivity contribution in [3.63, 3.8) is 0 Å². The maximum atomic E-state index is 12.8. The number of aromatic nitrogens is 2.